The second-order valence-electron chi connectivity index (χ2n) is 2.07. The minimum absolute atomic E-state index is 0. The molecule has 0 aliphatic heterocycles. The van der Waals surface area contributed by atoms with Crippen LogP contribution in [0.4, 0.5) is 0 Å². The summed E-state index contributed by atoms with van der Waals surface area (Å²) in [4.78, 5) is 10.7. The highest BCUT2D eigenvalue weighted by atomic mass is 35.5. The van der Waals surface area contributed by atoms with E-state index >= 15 is 0 Å². The summed E-state index contributed by atoms with van der Waals surface area (Å²) in [7, 11) is 0. The molecule has 2 aromatic rings. The molecule has 2 rings (SSSR count). The largest absolute Gasteiger partial charge is 0.344 e. The molecule has 0 aliphatic rings. The average molecular weight is 181 g/mol. The van der Waals surface area contributed by atoms with Gasteiger partial charge in [-0.15, -0.1) is 12.4 Å². The first-order valence-corrected chi connectivity index (χ1v) is 3.10. The van der Waals surface area contributed by atoms with Gasteiger partial charge in [-0.05, 0) is 6.07 Å². The summed E-state index contributed by atoms with van der Waals surface area (Å²) < 4.78 is 0. The zero-order valence-corrected chi connectivity index (χ0v) is 6.80. The summed E-state index contributed by atoms with van der Waals surface area (Å²) in [5, 5.41) is 8.59. The number of pyridine rings is 1. The molecule has 0 bridgehead atoms. The summed E-state index contributed by atoms with van der Waals surface area (Å²) in [6.07, 6.45) is 3.13. The highest BCUT2D eigenvalue weighted by Gasteiger charge is 2.01. The predicted octanol–water partition coefficient (Wildman–Crippen LogP) is 1.25. The number of halogens is 1. The highest BCUT2D eigenvalue weighted by Crippen LogP contribution is 2.09. The lowest BCUT2D eigenvalue weighted by Gasteiger charge is -1.87. The molecule has 0 fully saturated rings. The molecule has 12 heavy (non-hydrogen) atoms. The second-order valence-corrected chi connectivity index (χ2v) is 2.07. The number of aromatic nitrogens is 3. The van der Waals surface area contributed by atoms with E-state index in [1.165, 1.54) is 0 Å². The molecule has 2 aromatic heterocycles. The van der Waals surface area contributed by atoms with Crippen molar-refractivity contribution in [3.63, 3.8) is 0 Å². The Hall–Kier alpha value is -1.60. The number of nitriles is 1. The molecular weight excluding hydrogens is 176 g/mol. The lowest BCUT2D eigenvalue weighted by Crippen LogP contribution is -1.82. The van der Waals surface area contributed by atoms with Crippen molar-refractivity contribution in [3.05, 3.63) is 24.3 Å². The predicted molar refractivity (Wildman–Crippen MR) is 45.9 cm³/mol. The molecule has 0 unspecified atom stereocenters. The summed E-state index contributed by atoms with van der Waals surface area (Å²) in [5.41, 5.74) is 1.84. The van der Waals surface area contributed by atoms with Crippen molar-refractivity contribution in [2.45, 2.75) is 0 Å². The normalized spacial score (nSPS) is 8.92. The van der Waals surface area contributed by atoms with Crippen LogP contribution in [-0.2, 0) is 0 Å². The second kappa shape index (κ2) is 3.20. The zero-order valence-electron chi connectivity index (χ0n) is 5.98. The first-order chi connectivity index (χ1) is 5.42. The van der Waals surface area contributed by atoms with E-state index < -0.39 is 0 Å². The zero-order chi connectivity index (χ0) is 7.68. The Balaban J connectivity index is 0.000000720. The van der Waals surface area contributed by atoms with Gasteiger partial charge >= 0.3 is 0 Å². The van der Waals surface area contributed by atoms with Gasteiger partial charge in [-0.3, -0.25) is 0 Å². The molecule has 0 spiro atoms. The van der Waals surface area contributed by atoms with Crippen molar-refractivity contribution >= 4 is 23.4 Å². The van der Waals surface area contributed by atoms with E-state index in [9.17, 15) is 0 Å². The quantitative estimate of drug-likeness (QED) is 0.664. The fourth-order valence-electron chi connectivity index (χ4n) is 0.949. The van der Waals surface area contributed by atoms with Crippen LogP contribution in [0.25, 0.3) is 11.0 Å². The number of imidazole rings is 1. The molecule has 0 atom stereocenters. The van der Waals surface area contributed by atoms with Gasteiger partial charge in [0.05, 0.1) is 11.8 Å². The topological polar surface area (TPSA) is 65.4 Å². The average Bonchev–Trinajstić information content (AvgIpc) is 2.50. The van der Waals surface area contributed by atoms with Crippen LogP contribution in [0.2, 0.25) is 0 Å². The van der Waals surface area contributed by atoms with Crippen LogP contribution < -0.4 is 0 Å². The van der Waals surface area contributed by atoms with Crippen molar-refractivity contribution in [3.8, 4) is 6.07 Å². The maximum absolute atomic E-state index is 8.59. The highest BCUT2D eigenvalue weighted by molar-refractivity contribution is 5.85. The van der Waals surface area contributed by atoms with Crippen LogP contribution in [0.3, 0.4) is 0 Å². The van der Waals surface area contributed by atoms with E-state index in [-0.39, 0.29) is 12.4 Å². The molecule has 4 nitrogen and oxygen atoms in total. The van der Waals surface area contributed by atoms with Crippen molar-refractivity contribution in [2.24, 2.45) is 0 Å². The molecule has 0 saturated heterocycles. The fourth-order valence-corrected chi connectivity index (χ4v) is 0.949. The van der Waals surface area contributed by atoms with Gasteiger partial charge in [0.15, 0.2) is 5.69 Å². The fraction of sp³-hybridized carbons (Fsp3) is 0. The number of nitrogens with one attached hydrogen (secondary N) is 1. The van der Waals surface area contributed by atoms with Gasteiger partial charge in [0.1, 0.15) is 11.6 Å². The summed E-state index contributed by atoms with van der Waals surface area (Å²) in [6.45, 7) is 0. The van der Waals surface area contributed by atoms with Crippen molar-refractivity contribution in [1.29, 1.82) is 5.26 Å². The van der Waals surface area contributed by atoms with E-state index in [1.54, 1.807) is 18.6 Å². The standard InChI is InChI=1S/C7H4N4.ClH/c8-3-6-7-5(1-2-9-6)10-4-11-7;/h1-2,4H,(H,10,11);1H. The molecule has 2 heterocycles. The molecular formula is C7H5ClN4. The minimum Gasteiger partial charge on any atom is -0.344 e. The van der Waals surface area contributed by atoms with Gasteiger partial charge < -0.3 is 4.98 Å². The molecule has 0 aromatic carbocycles. The van der Waals surface area contributed by atoms with Crippen LogP contribution in [0, 0.1) is 11.3 Å². The van der Waals surface area contributed by atoms with E-state index in [1.807, 2.05) is 6.07 Å². The van der Waals surface area contributed by atoms with Crippen LogP contribution in [0.5, 0.6) is 0 Å². The van der Waals surface area contributed by atoms with Crippen LogP contribution in [-0.4, -0.2) is 15.0 Å². The molecule has 0 amide bonds. The third kappa shape index (κ3) is 1.11. The van der Waals surface area contributed by atoms with Gasteiger partial charge in [-0.2, -0.15) is 5.26 Å². The van der Waals surface area contributed by atoms with Crippen LogP contribution in [0.1, 0.15) is 5.69 Å². The van der Waals surface area contributed by atoms with Crippen LogP contribution >= 0.6 is 12.4 Å². The number of rotatable bonds is 0. The van der Waals surface area contributed by atoms with Crippen molar-refractivity contribution in [2.75, 3.05) is 0 Å². The summed E-state index contributed by atoms with van der Waals surface area (Å²) >= 11 is 0. The first-order valence-electron chi connectivity index (χ1n) is 3.10. The van der Waals surface area contributed by atoms with E-state index in [2.05, 4.69) is 15.0 Å². The minimum atomic E-state index is 0. The van der Waals surface area contributed by atoms with Crippen LogP contribution in [0.15, 0.2) is 18.6 Å². The van der Waals surface area contributed by atoms with Gasteiger partial charge in [0.25, 0.3) is 0 Å². The number of nitrogens with zero attached hydrogens (tertiary/aromatic N) is 3. The maximum atomic E-state index is 8.59. The Labute approximate surface area is 74.7 Å². The number of H-pyrrole nitrogens is 1. The molecule has 0 aliphatic carbocycles. The smallest absolute Gasteiger partial charge is 0.168 e. The van der Waals surface area contributed by atoms with Gasteiger partial charge in [0, 0.05) is 6.20 Å². The number of fused-ring (bicyclic) bond motifs is 1. The summed E-state index contributed by atoms with van der Waals surface area (Å²) in [6, 6.07) is 3.74. The Morgan fingerprint density at radius 3 is 3.00 bits per heavy atom. The summed E-state index contributed by atoms with van der Waals surface area (Å²) in [5.74, 6) is 0. The number of hydrogen-bond acceptors (Lipinski definition) is 3. The molecule has 60 valence electrons. The lowest BCUT2D eigenvalue weighted by molar-refractivity contribution is 1.28. The maximum Gasteiger partial charge on any atom is 0.168 e. The van der Waals surface area contributed by atoms with Gasteiger partial charge in [0.2, 0.25) is 0 Å². The third-order valence-corrected chi connectivity index (χ3v) is 1.44. The van der Waals surface area contributed by atoms with Crippen molar-refractivity contribution < 1.29 is 0 Å². The van der Waals surface area contributed by atoms with E-state index in [0.717, 1.165) is 5.52 Å². The van der Waals surface area contributed by atoms with E-state index in [4.69, 9.17) is 5.26 Å². The Kier molecular flexibility index (Phi) is 2.26. The van der Waals surface area contributed by atoms with Crippen molar-refractivity contribution in [1.82, 2.24) is 15.0 Å². The molecule has 1 N–H and O–H groups in total. The monoisotopic (exact) mass is 180 g/mol. The number of aromatic amines is 1. The molecule has 5 heteroatoms. The van der Waals surface area contributed by atoms with Gasteiger partial charge in [-0.25, -0.2) is 9.97 Å². The first kappa shape index (κ1) is 8.50. The lowest BCUT2D eigenvalue weighted by atomic mass is 10.3. The molecule has 0 radical (unpaired) electrons. The molecule has 0 saturated carbocycles. The Morgan fingerprint density at radius 2 is 2.25 bits per heavy atom. The Bertz CT molecular complexity index is 428. The third-order valence-electron chi connectivity index (χ3n) is 1.44. The van der Waals surface area contributed by atoms with Gasteiger partial charge in [-0.1, -0.05) is 0 Å². The van der Waals surface area contributed by atoms with E-state index in [0.29, 0.717) is 11.2 Å². The SMILES string of the molecule is Cl.N#Cc1nccc2[nH]cnc12. The Morgan fingerprint density at radius 1 is 1.42 bits per heavy atom. The number of hydrogen-bond donors (Lipinski definition) is 1.